The Morgan fingerprint density at radius 3 is 2.67 bits per heavy atom. The number of hydrogen-bond donors (Lipinski definition) is 2. The van der Waals surface area contributed by atoms with Crippen molar-refractivity contribution in [3.8, 4) is 0 Å². The van der Waals surface area contributed by atoms with Gasteiger partial charge in [-0.15, -0.1) is 4.63 Å². The monoisotopic (exact) mass is 176 g/mol. The molecule has 10 heteroatoms. The van der Waals surface area contributed by atoms with E-state index in [1.807, 2.05) is 0 Å². The number of rotatable bonds is 3. The minimum absolute atomic E-state index is 0.572. The van der Waals surface area contributed by atoms with Crippen LogP contribution in [0.4, 0.5) is 11.6 Å². The van der Waals surface area contributed by atoms with Crippen LogP contribution in [0.5, 0.6) is 0 Å². The lowest BCUT2D eigenvalue weighted by atomic mass is 10.7. The minimum Gasteiger partial charge on any atom is -0.358 e. The largest absolute Gasteiger partial charge is 0.464 e. The van der Waals surface area contributed by atoms with Crippen LogP contribution >= 0.6 is 0 Å². The molecule has 64 valence electrons. The van der Waals surface area contributed by atoms with Gasteiger partial charge in [0.25, 0.3) is 0 Å². The Bertz CT molecular complexity index is 317. The number of anilines is 1. The summed E-state index contributed by atoms with van der Waals surface area (Å²) in [5.41, 5.74) is 1.56. The molecule has 1 aromatic heterocycles. The number of hydrogen-bond acceptors (Lipinski definition) is 6. The van der Waals surface area contributed by atoms with Gasteiger partial charge in [0, 0.05) is 5.16 Å². The maximum absolute atomic E-state index is 10.1. The molecule has 0 saturated heterocycles. The maximum atomic E-state index is 10.1. The van der Waals surface area contributed by atoms with Crippen molar-refractivity contribution in [3.05, 3.63) is 15.0 Å². The van der Waals surface area contributed by atoms with Crippen LogP contribution in [-0.2, 0) is 0 Å². The molecule has 0 unspecified atom stereocenters. The molecule has 1 aromatic rings. The van der Waals surface area contributed by atoms with Crippen molar-refractivity contribution in [1.29, 1.82) is 0 Å². The van der Waals surface area contributed by atoms with E-state index >= 15 is 0 Å². The highest BCUT2D eigenvalue weighted by atomic mass is 16.7. The fourth-order valence-corrected chi connectivity index (χ4v) is 0.465. The Labute approximate surface area is 63.4 Å². The molecule has 1 rings (SSSR count). The molecule has 0 spiro atoms. The molecule has 0 aromatic carbocycles. The molecule has 0 amide bonds. The zero-order chi connectivity index (χ0) is 9.14. The van der Waals surface area contributed by atoms with Crippen molar-refractivity contribution in [2.45, 2.75) is 0 Å². The highest BCUT2D eigenvalue weighted by molar-refractivity contribution is 5.45. The van der Waals surface area contributed by atoms with Gasteiger partial charge in [-0.05, 0) is 10.3 Å². The molecular weight excluding hydrogens is 174 g/mol. The molecule has 0 radical (unpaired) electrons. The van der Waals surface area contributed by atoms with Crippen LogP contribution in [0, 0.1) is 15.0 Å². The summed E-state index contributed by atoms with van der Waals surface area (Å²) in [6.07, 6.45) is 0. The number of nitrogens with zero attached hydrogens (tertiary/aromatic N) is 4. The number of nitrogens with one attached hydrogen (secondary N) is 1. The van der Waals surface area contributed by atoms with E-state index in [-0.39, 0.29) is 0 Å². The Kier molecular flexibility index (Phi) is 1.81. The predicted molar refractivity (Wildman–Crippen MR) is 30.0 cm³/mol. The SMILES string of the molecule is O=[N+](O)Nc1nonc1[N+](=O)[O-]. The average molecular weight is 176 g/mol. The second-order valence-electron chi connectivity index (χ2n) is 1.58. The summed E-state index contributed by atoms with van der Waals surface area (Å²) in [5.74, 6) is -1.36. The van der Waals surface area contributed by atoms with Gasteiger partial charge in [0.1, 0.15) is 4.91 Å². The number of nitro groups is 1. The summed E-state index contributed by atoms with van der Waals surface area (Å²) < 4.78 is 3.93. The highest BCUT2D eigenvalue weighted by Crippen LogP contribution is 2.16. The molecule has 0 aliphatic rings. The first-order chi connectivity index (χ1) is 5.61. The van der Waals surface area contributed by atoms with E-state index in [2.05, 4.69) is 14.9 Å². The van der Waals surface area contributed by atoms with E-state index < -0.39 is 21.6 Å². The van der Waals surface area contributed by atoms with Gasteiger partial charge in [0.2, 0.25) is 0 Å². The van der Waals surface area contributed by atoms with Crippen LogP contribution in [0.3, 0.4) is 0 Å². The fourth-order valence-electron chi connectivity index (χ4n) is 0.465. The summed E-state index contributed by atoms with van der Waals surface area (Å²) in [6, 6.07) is 0. The highest BCUT2D eigenvalue weighted by Gasteiger charge is 2.27. The van der Waals surface area contributed by atoms with Gasteiger partial charge in [0.15, 0.2) is 5.16 Å². The number of hydrazine groups is 1. The molecule has 12 heavy (non-hydrogen) atoms. The van der Waals surface area contributed by atoms with E-state index in [0.717, 1.165) is 0 Å². The first-order valence-electron chi connectivity index (χ1n) is 2.51. The maximum Gasteiger partial charge on any atom is 0.464 e. The zero-order valence-electron chi connectivity index (χ0n) is 5.37. The summed E-state index contributed by atoms with van der Waals surface area (Å²) in [6.45, 7) is 0. The van der Waals surface area contributed by atoms with Crippen LogP contribution in [0.2, 0.25) is 0 Å². The first kappa shape index (κ1) is 7.84. The van der Waals surface area contributed by atoms with Gasteiger partial charge in [0.05, 0.1) is 0 Å². The third-order valence-electron chi connectivity index (χ3n) is 0.846. The first-order valence-corrected chi connectivity index (χ1v) is 2.51. The van der Waals surface area contributed by atoms with E-state index in [9.17, 15) is 15.0 Å². The van der Waals surface area contributed by atoms with Crippen LogP contribution in [0.15, 0.2) is 4.63 Å². The predicted octanol–water partition coefficient (Wildman–Crippen LogP) is -0.527. The van der Waals surface area contributed by atoms with Crippen molar-refractivity contribution < 1.29 is 19.8 Å². The Morgan fingerprint density at radius 1 is 1.50 bits per heavy atom. The molecule has 2 N–H and O–H groups in total. The van der Waals surface area contributed by atoms with Crippen molar-refractivity contribution in [3.63, 3.8) is 0 Å². The van der Waals surface area contributed by atoms with Gasteiger partial charge >= 0.3 is 16.7 Å². The van der Waals surface area contributed by atoms with E-state index in [1.165, 1.54) is 0 Å². The lowest BCUT2D eigenvalue weighted by Gasteiger charge is -1.84. The van der Waals surface area contributed by atoms with Crippen LogP contribution < -0.4 is 5.43 Å². The van der Waals surface area contributed by atoms with Gasteiger partial charge < -0.3 is 10.1 Å². The molecule has 0 fully saturated rings. The van der Waals surface area contributed by atoms with E-state index in [4.69, 9.17) is 5.21 Å². The van der Waals surface area contributed by atoms with Crippen molar-refractivity contribution in [1.82, 2.24) is 10.3 Å². The molecule has 0 aliphatic heterocycles. The van der Waals surface area contributed by atoms with E-state index in [1.54, 1.807) is 5.43 Å². The van der Waals surface area contributed by atoms with Crippen molar-refractivity contribution in [2.75, 3.05) is 5.43 Å². The topological polar surface area (TPSA) is 134 Å². The molecule has 0 atom stereocenters. The molecule has 0 bridgehead atoms. The third-order valence-corrected chi connectivity index (χ3v) is 0.846. The second-order valence-corrected chi connectivity index (χ2v) is 1.58. The standard InChI is InChI=1S/C2H2N5O5/c8-6(9)2-1(3-7(10)11)4-12-5-2/h(H,3,4)(H,10,11)/q+1. The molecule has 0 aliphatic carbocycles. The lowest BCUT2D eigenvalue weighted by Crippen LogP contribution is -2.12. The van der Waals surface area contributed by atoms with Gasteiger partial charge in [-0.3, -0.25) is 0 Å². The number of aromatic nitrogens is 2. The Hall–Kier alpha value is -2.26. The third kappa shape index (κ3) is 1.42. The van der Waals surface area contributed by atoms with E-state index in [0.29, 0.717) is 0 Å². The van der Waals surface area contributed by atoms with Crippen molar-refractivity contribution in [2.24, 2.45) is 0 Å². The summed E-state index contributed by atoms with van der Waals surface area (Å²) >= 11 is 0. The molecular formula is C2H2N5O5+. The normalized spacial score (nSPS) is 9.33. The molecule has 0 saturated carbocycles. The van der Waals surface area contributed by atoms with Gasteiger partial charge in [-0.1, -0.05) is 0 Å². The minimum atomic E-state index is -0.928. The smallest absolute Gasteiger partial charge is 0.358 e. The van der Waals surface area contributed by atoms with Crippen LogP contribution in [0.25, 0.3) is 0 Å². The van der Waals surface area contributed by atoms with Crippen LogP contribution in [0.1, 0.15) is 0 Å². The average Bonchev–Trinajstić information content (AvgIpc) is 2.33. The fraction of sp³-hybridized carbons (Fsp3) is 0. The summed E-state index contributed by atoms with van der Waals surface area (Å²) in [7, 11) is 0. The summed E-state index contributed by atoms with van der Waals surface area (Å²) in [4.78, 5) is 19.1. The quantitative estimate of drug-likeness (QED) is 0.463. The van der Waals surface area contributed by atoms with Crippen molar-refractivity contribution >= 4 is 11.6 Å². The Balaban J connectivity index is 2.91. The molecule has 1 heterocycles. The summed E-state index contributed by atoms with van der Waals surface area (Å²) in [5, 5.41) is 23.2. The van der Waals surface area contributed by atoms with Gasteiger partial charge in [-0.2, -0.15) is 0 Å². The second kappa shape index (κ2) is 2.77. The zero-order valence-corrected chi connectivity index (χ0v) is 5.37. The van der Waals surface area contributed by atoms with Gasteiger partial charge in [-0.25, -0.2) is 5.21 Å². The van der Waals surface area contributed by atoms with Crippen LogP contribution in [-0.4, -0.2) is 25.5 Å². The lowest BCUT2D eigenvalue weighted by molar-refractivity contribution is -0.770. The Morgan fingerprint density at radius 2 is 2.17 bits per heavy atom. The molecule has 10 nitrogen and oxygen atoms in total.